The molecule has 1 aliphatic heterocycles. The Morgan fingerprint density at radius 1 is 1.15 bits per heavy atom. The zero-order valence-corrected chi connectivity index (χ0v) is 16.6. The number of sulfonamides is 1. The molecule has 26 heavy (non-hydrogen) atoms. The van der Waals surface area contributed by atoms with Gasteiger partial charge in [-0.3, -0.25) is 9.48 Å². The number of aromatic nitrogens is 2. The van der Waals surface area contributed by atoms with E-state index in [1.807, 2.05) is 0 Å². The minimum absolute atomic E-state index is 0.0136. The molecule has 1 N–H and O–H groups in total. The smallest absolute Gasteiger partial charge is 0.246 e. The predicted octanol–water partition coefficient (Wildman–Crippen LogP) is 1.97. The minimum atomic E-state index is -3.61. The molecule has 0 radical (unpaired) electrons. The van der Waals surface area contributed by atoms with Gasteiger partial charge >= 0.3 is 0 Å². The number of nitrogens with zero attached hydrogens (tertiary/aromatic N) is 3. The van der Waals surface area contributed by atoms with Gasteiger partial charge in [0.15, 0.2) is 0 Å². The van der Waals surface area contributed by atoms with E-state index in [0.717, 1.165) is 32.1 Å². The third kappa shape index (κ3) is 4.11. The summed E-state index contributed by atoms with van der Waals surface area (Å²) < 4.78 is 29.0. The van der Waals surface area contributed by atoms with Crippen LogP contribution in [-0.2, 0) is 21.9 Å². The zero-order chi connectivity index (χ0) is 18.7. The van der Waals surface area contributed by atoms with Crippen LogP contribution >= 0.6 is 0 Å². The van der Waals surface area contributed by atoms with Gasteiger partial charge in [-0.2, -0.15) is 9.40 Å². The number of hydrogen-bond donors (Lipinski definition) is 1. The fourth-order valence-electron chi connectivity index (χ4n) is 3.99. The molecule has 0 unspecified atom stereocenters. The van der Waals surface area contributed by atoms with Gasteiger partial charge in [-0.25, -0.2) is 8.42 Å². The third-order valence-electron chi connectivity index (χ3n) is 5.76. The van der Waals surface area contributed by atoms with E-state index in [1.165, 1.54) is 23.3 Å². The third-order valence-corrected chi connectivity index (χ3v) is 7.73. The van der Waals surface area contributed by atoms with E-state index in [9.17, 15) is 13.2 Å². The molecule has 0 spiro atoms. The maximum absolute atomic E-state index is 13.0. The van der Waals surface area contributed by atoms with Crippen LogP contribution in [0.15, 0.2) is 11.1 Å². The van der Waals surface area contributed by atoms with Crippen molar-refractivity contribution in [3.8, 4) is 0 Å². The largest absolute Gasteiger partial charge is 0.353 e. The first-order valence-electron chi connectivity index (χ1n) is 9.68. The lowest BCUT2D eigenvalue weighted by molar-refractivity contribution is -0.126. The van der Waals surface area contributed by atoms with Gasteiger partial charge in [-0.05, 0) is 32.6 Å². The number of rotatable bonds is 4. The molecule has 1 amide bonds. The molecule has 1 saturated carbocycles. The molecule has 0 aromatic carbocycles. The first-order chi connectivity index (χ1) is 12.4. The highest BCUT2D eigenvalue weighted by molar-refractivity contribution is 7.89. The molecule has 1 atom stereocenters. The van der Waals surface area contributed by atoms with Gasteiger partial charge < -0.3 is 5.32 Å². The molecular weight excluding hydrogens is 352 g/mol. The van der Waals surface area contributed by atoms with Crippen molar-refractivity contribution in [2.45, 2.75) is 69.2 Å². The van der Waals surface area contributed by atoms with Crippen LogP contribution in [0.5, 0.6) is 0 Å². The maximum Gasteiger partial charge on any atom is 0.246 e. The number of piperidine rings is 1. The molecule has 7 nitrogen and oxygen atoms in total. The van der Waals surface area contributed by atoms with Crippen molar-refractivity contribution in [3.63, 3.8) is 0 Å². The highest BCUT2D eigenvalue weighted by atomic mass is 32.2. The van der Waals surface area contributed by atoms with Crippen LogP contribution in [0.25, 0.3) is 0 Å². The van der Waals surface area contributed by atoms with E-state index in [2.05, 4.69) is 10.4 Å². The minimum Gasteiger partial charge on any atom is -0.353 e. The van der Waals surface area contributed by atoms with Gasteiger partial charge in [-0.1, -0.05) is 25.7 Å². The zero-order valence-electron chi connectivity index (χ0n) is 15.8. The maximum atomic E-state index is 13.0. The van der Waals surface area contributed by atoms with Crippen molar-refractivity contribution in [2.75, 3.05) is 13.1 Å². The Bertz CT molecular complexity index is 736. The van der Waals surface area contributed by atoms with Crippen molar-refractivity contribution in [1.29, 1.82) is 0 Å². The molecule has 2 heterocycles. The van der Waals surface area contributed by atoms with Gasteiger partial charge in [0, 0.05) is 26.2 Å². The average molecular weight is 383 g/mol. The Morgan fingerprint density at radius 3 is 2.46 bits per heavy atom. The van der Waals surface area contributed by atoms with E-state index >= 15 is 0 Å². The Kier molecular flexibility index (Phi) is 6.02. The van der Waals surface area contributed by atoms with Crippen LogP contribution in [0.2, 0.25) is 0 Å². The molecule has 8 heteroatoms. The van der Waals surface area contributed by atoms with E-state index in [1.54, 1.807) is 18.7 Å². The standard InChI is InChI=1S/C18H30N4O3S/c1-14-17(12-19-21(14)2)26(24,25)22-11-7-8-15(13-22)18(23)20-16-9-5-3-4-6-10-16/h12,15-16H,3-11,13H2,1-2H3,(H,20,23)/t15-/m0/s1. The molecule has 1 aromatic rings. The molecule has 1 aromatic heterocycles. The molecule has 2 fully saturated rings. The van der Waals surface area contributed by atoms with Crippen molar-refractivity contribution in [2.24, 2.45) is 13.0 Å². The van der Waals surface area contributed by atoms with Gasteiger partial charge in [0.1, 0.15) is 4.90 Å². The summed E-state index contributed by atoms with van der Waals surface area (Å²) in [6.07, 6.45) is 9.74. The molecule has 1 aliphatic carbocycles. The van der Waals surface area contributed by atoms with E-state index in [4.69, 9.17) is 0 Å². The lowest BCUT2D eigenvalue weighted by Gasteiger charge is -2.32. The van der Waals surface area contributed by atoms with Crippen molar-refractivity contribution >= 4 is 15.9 Å². The summed E-state index contributed by atoms with van der Waals surface area (Å²) in [5.41, 5.74) is 0.620. The monoisotopic (exact) mass is 382 g/mol. The number of aryl methyl sites for hydroxylation is 1. The van der Waals surface area contributed by atoms with Gasteiger partial charge in [0.25, 0.3) is 0 Å². The summed E-state index contributed by atoms with van der Waals surface area (Å²) in [5.74, 6) is -0.251. The number of amides is 1. The van der Waals surface area contributed by atoms with Crippen LogP contribution in [-0.4, -0.2) is 47.5 Å². The predicted molar refractivity (Wildman–Crippen MR) is 99.1 cm³/mol. The first-order valence-corrected chi connectivity index (χ1v) is 11.1. The first kappa shape index (κ1) is 19.4. The average Bonchev–Trinajstić information content (AvgIpc) is 2.83. The SMILES string of the molecule is Cc1c(S(=O)(=O)N2CCC[C@H](C(=O)NC3CCCCCC3)C2)cnn1C. The van der Waals surface area contributed by atoms with Crippen LogP contribution in [0.3, 0.4) is 0 Å². The second-order valence-corrected chi connectivity index (χ2v) is 9.52. The Labute approximate surface area is 156 Å². The van der Waals surface area contributed by atoms with Crippen LogP contribution < -0.4 is 5.32 Å². The van der Waals surface area contributed by atoms with E-state index in [-0.39, 0.29) is 29.3 Å². The quantitative estimate of drug-likeness (QED) is 0.807. The summed E-state index contributed by atoms with van der Waals surface area (Å²) >= 11 is 0. The van der Waals surface area contributed by atoms with E-state index < -0.39 is 10.0 Å². The highest BCUT2D eigenvalue weighted by Gasteiger charge is 2.35. The molecular formula is C18H30N4O3S. The number of hydrogen-bond acceptors (Lipinski definition) is 4. The van der Waals surface area contributed by atoms with E-state index in [0.29, 0.717) is 18.7 Å². The summed E-state index contributed by atoms with van der Waals surface area (Å²) in [4.78, 5) is 13.0. The molecule has 0 bridgehead atoms. The Balaban J connectivity index is 1.66. The molecule has 2 aliphatic rings. The summed E-state index contributed by atoms with van der Waals surface area (Å²) in [5, 5.41) is 7.23. The number of carbonyl (C=O) groups excluding carboxylic acids is 1. The fourth-order valence-corrected chi connectivity index (χ4v) is 5.70. The van der Waals surface area contributed by atoms with Crippen LogP contribution in [0.4, 0.5) is 0 Å². The number of carbonyl (C=O) groups is 1. The second kappa shape index (κ2) is 8.08. The molecule has 146 valence electrons. The summed E-state index contributed by atoms with van der Waals surface area (Å²) in [7, 11) is -1.88. The molecule has 1 saturated heterocycles. The lowest BCUT2D eigenvalue weighted by atomic mass is 9.97. The van der Waals surface area contributed by atoms with Gasteiger partial charge in [-0.15, -0.1) is 0 Å². The Hall–Kier alpha value is -1.41. The van der Waals surface area contributed by atoms with Crippen molar-refractivity contribution in [1.82, 2.24) is 19.4 Å². The topological polar surface area (TPSA) is 84.3 Å². The fraction of sp³-hybridized carbons (Fsp3) is 0.778. The summed E-state index contributed by atoms with van der Waals surface area (Å²) in [6.45, 7) is 2.47. The normalized spacial score (nSPS) is 23.5. The van der Waals surface area contributed by atoms with Gasteiger partial charge in [0.2, 0.25) is 15.9 Å². The highest BCUT2D eigenvalue weighted by Crippen LogP contribution is 2.26. The van der Waals surface area contributed by atoms with Crippen molar-refractivity contribution < 1.29 is 13.2 Å². The lowest BCUT2D eigenvalue weighted by Crippen LogP contribution is -2.47. The van der Waals surface area contributed by atoms with Crippen molar-refractivity contribution in [3.05, 3.63) is 11.9 Å². The van der Waals surface area contributed by atoms with Gasteiger partial charge in [0.05, 0.1) is 17.8 Å². The van der Waals surface area contributed by atoms with Crippen LogP contribution in [0.1, 0.15) is 57.1 Å². The second-order valence-electron chi connectivity index (χ2n) is 7.62. The summed E-state index contributed by atoms with van der Waals surface area (Å²) in [6, 6.07) is 0.248. The Morgan fingerprint density at radius 2 is 1.85 bits per heavy atom. The number of nitrogens with one attached hydrogen (secondary N) is 1. The van der Waals surface area contributed by atoms with Crippen LogP contribution in [0, 0.1) is 12.8 Å². The molecule has 3 rings (SSSR count).